The van der Waals surface area contributed by atoms with Gasteiger partial charge in [0.15, 0.2) is 6.10 Å². The average Bonchev–Trinajstić information content (AvgIpc) is 2.93. The molecule has 1 heterocycles. The molecule has 0 fully saturated rings. The molecule has 0 saturated heterocycles. The van der Waals surface area contributed by atoms with Gasteiger partial charge in [0.05, 0.1) is 11.1 Å². The highest BCUT2D eigenvalue weighted by Gasteiger charge is 2.45. The maximum Gasteiger partial charge on any atom is 0.330 e. The minimum atomic E-state index is -1.13. The maximum atomic E-state index is 12.9. The van der Waals surface area contributed by atoms with E-state index in [9.17, 15) is 19.2 Å². The van der Waals surface area contributed by atoms with Gasteiger partial charge in [0, 0.05) is 5.69 Å². The summed E-state index contributed by atoms with van der Waals surface area (Å²) in [6.45, 7) is 6.77. The van der Waals surface area contributed by atoms with Crippen molar-refractivity contribution >= 4 is 29.4 Å². The van der Waals surface area contributed by atoms with Gasteiger partial charge in [-0.1, -0.05) is 38.1 Å². The van der Waals surface area contributed by atoms with Crippen molar-refractivity contribution in [3.63, 3.8) is 0 Å². The maximum absolute atomic E-state index is 12.9. The summed E-state index contributed by atoms with van der Waals surface area (Å²) in [6.07, 6.45) is -1.10. The lowest BCUT2D eigenvalue weighted by molar-refractivity contribution is -0.158. The van der Waals surface area contributed by atoms with Gasteiger partial charge in [-0.15, -0.1) is 0 Å². The molecule has 0 aromatic heterocycles. The molecule has 2 atom stereocenters. The van der Waals surface area contributed by atoms with Crippen LogP contribution in [0.4, 0.5) is 5.69 Å². The normalized spacial score (nSPS) is 15.0. The number of nitrogens with zero attached hydrogens (tertiary/aromatic N) is 1. The summed E-state index contributed by atoms with van der Waals surface area (Å²) in [6, 6.07) is 12.5. The van der Waals surface area contributed by atoms with E-state index in [0.29, 0.717) is 5.69 Å². The van der Waals surface area contributed by atoms with Crippen molar-refractivity contribution in [1.82, 2.24) is 4.90 Å². The molecule has 1 aliphatic heterocycles. The van der Waals surface area contributed by atoms with E-state index in [-0.39, 0.29) is 11.1 Å². The molecule has 0 radical (unpaired) electrons. The lowest BCUT2D eigenvalue weighted by atomic mass is 10.0. The topological polar surface area (TPSA) is 92.8 Å². The Morgan fingerprint density at radius 2 is 1.53 bits per heavy atom. The van der Waals surface area contributed by atoms with Crippen LogP contribution in [-0.2, 0) is 14.3 Å². The third-order valence-electron chi connectivity index (χ3n) is 4.92. The van der Waals surface area contributed by atoms with Crippen LogP contribution in [0.5, 0.6) is 0 Å². The van der Waals surface area contributed by atoms with E-state index in [1.165, 1.54) is 6.92 Å². The standard InChI is InChI=1S/C23H24N2O5/c1-13(2)19(25-21(27)17-10-5-6-11-18(17)22(25)28)23(29)30-15(4)20(26)24-16-9-7-8-14(3)12-16/h5-13,15,19H,1-4H3,(H,24,26)/t15-,19-/m1/s1. The van der Waals surface area contributed by atoms with Gasteiger partial charge >= 0.3 is 5.97 Å². The number of fused-ring (bicyclic) bond motifs is 1. The number of hydrogen-bond donors (Lipinski definition) is 1. The van der Waals surface area contributed by atoms with Crippen LogP contribution >= 0.6 is 0 Å². The lowest BCUT2D eigenvalue weighted by Crippen LogP contribution is -2.50. The van der Waals surface area contributed by atoms with Crippen molar-refractivity contribution in [2.45, 2.75) is 39.8 Å². The van der Waals surface area contributed by atoms with Crippen molar-refractivity contribution in [3.05, 3.63) is 65.2 Å². The number of anilines is 1. The van der Waals surface area contributed by atoms with Gasteiger partial charge in [-0.05, 0) is 49.6 Å². The van der Waals surface area contributed by atoms with E-state index in [1.807, 2.05) is 13.0 Å². The molecule has 0 aliphatic carbocycles. The van der Waals surface area contributed by atoms with E-state index in [2.05, 4.69) is 5.32 Å². The van der Waals surface area contributed by atoms with E-state index < -0.39 is 41.8 Å². The van der Waals surface area contributed by atoms with Gasteiger partial charge in [0.25, 0.3) is 17.7 Å². The molecule has 156 valence electrons. The first kappa shape index (κ1) is 21.2. The van der Waals surface area contributed by atoms with Gasteiger partial charge in [-0.25, -0.2) is 4.79 Å². The van der Waals surface area contributed by atoms with Crippen molar-refractivity contribution in [2.75, 3.05) is 5.32 Å². The Morgan fingerprint density at radius 1 is 0.933 bits per heavy atom. The molecule has 1 N–H and O–H groups in total. The molecule has 2 aromatic rings. The number of nitrogens with one attached hydrogen (secondary N) is 1. The zero-order valence-electron chi connectivity index (χ0n) is 17.3. The summed E-state index contributed by atoms with van der Waals surface area (Å²) >= 11 is 0. The molecule has 0 saturated carbocycles. The molecule has 3 rings (SSSR count). The average molecular weight is 408 g/mol. The lowest BCUT2D eigenvalue weighted by Gasteiger charge is -2.28. The highest BCUT2D eigenvalue weighted by atomic mass is 16.5. The molecule has 30 heavy (non-hydrogen) atoms. The Balaban J connectivity index is 1.74. The molecular formula is C23H24N2O5. The summed E-state index contributed by atoms with van der Waals surface area (Å²) in [5.41, 5.74) is 2.07. The van der Waals surface area contributed by atoms with Crippen LogP contribution in [0, 0.1) is 12.8 Å². The fraction of sp³-hybridized carbons (Fsp3) is 0.304. The van der Waals surface area contributed by atoms with Gasteiger partial charge in [-0.2, -0.15) is 0 Å². The van der Waals surface area contributed by atoms with Crippen LogP contribution in [0.2, 0.25) is 0 Å². The minimum absolute atomic E-state index is 0.256. The molecule has 0 unspecified atom stereocenters. The number of esters is 1. The van der Waals surface area contributed by atoms with Crippen molar-refractivity contribution in [2.24, 2.45) is 5.92 Å². The molecule has 1 aliphatic rings. The Hall–Kier alpha value is -3.48. The quantitative estimate of drug-likeness (QED) is 0.585. The van der Waals surface area contributed by atoms with Crippen LogP contribution < -0.4 is 5.32 Å². The fourth-order valence-electron chi connectivity index (χ4n) is 3.40. The number of aryl methyl sites for hydroxylation is 1. The third-order valence-corrected chi connectivity index (χ3v) is 4.92. The number of ether oxygens (including phenoxy) is 1. The molecule has 7 nitrogen and oxygen atoms in total. The van der Waals surface area contributed by atoms with Crippen LogP contribution in [0.25, 0.3) is 0 Å². The first-order valence-corrected chi connectivity index (χ1v) is 9.75. The summed E-state index contributed by atoms with van der Waals surface area (Å²) in [5.74, 6) is -2.77. The first-order valence-electron chi connectivity index (χ1n) is 9.75. The van der Waals surface area contributed by atoms with Gasteiger partial charge in [-0.3, -0.25) is 19.3 Å². The van der Waals surface area contributed by atoms with E-state index >= 15 is 0 Å². The van der Waals surface area contributed by atoms with Gasteiger partial charge in [0.2, 0.25) is 0 Å². The molecule has 7 heteroatoms. The van der Waals surface area contributed by atoms with E-state index in [0.717, 1.165) is 10.5 Å². The Bertz CT molecular complexity index is 979. The van der Waals surface area contributed by atoms with Gasteiger partial charge in [0.1, 0.15) is 6.04 Å². The highest BCUT2D eigenvalue weighted by molar-refractivity contribution is 6.22. The summed E-state index contributed by atoms with van der Waals surface area (Å²) in [4.78, 5) is 51.8. The second-order valence-electron chi connectivity index (χ2n) is 7.65. The number of hydrogen-bond acceptors (Lipinski definition) is 5. The second kappa shape index (κ2) is 8.49. The van der Waals surface area contributed by atoms with Gasteiger partial charge < -0.3 is 10.1 Å². The molecular weight excluding hydrogens is 384 g/mol. The predicted octanol–water partition coefficient (Wildman–Crippen LogP) is 3.19. The molecule has 2 aromatic carbocycles. The van der Waals surface area contributed by atoms with E-state index in [4.69, 9.17) is 4.74 Å². The Labute approximate surface area is 175 Å². The smallest absolute Gasteiger partial charge is 0.330 e. The van der Waals surface area contributed by atoms with Crippen LogP contribution in [0.1, 0.15) is 47.1 Å². The summed E-state index contributed by atoms with van der Waals surface area (Å²) in [7, 11) is 0. The van der Waals surface area contributed by atoms with Crippen LogP contribution in [-0.4, -0.2) is 40.7 Å². The summed E-state index contributed by atoms with van der Waals surface area (Å²) < 4.78 is 5.35. The predicted molar refractivity (Wildman–Crippen MR) is 111 cm³/mol. The Morgan fingerprint density at radius 3 is 2.07 bits per heavy atom. The zero-order valence-corrected chi connectivity index (χ0v) is 17.3. The summed E-state index contributed by atoms with van der Waals surface area (Å²) in [5, 5.41) is 2.69. The zero-order chi connectivity index (χ0) is 22.0. The number of carbonyl (C=O) groups excluding carboxylic acids is 4. The third kappa shape index (κ3) is 4.10. The van der Waals surface area contributed by atoms with Crippen LogP contribution in [0.15, 0.2) is 48.5 Å². The van der Waals surface area contributed by atoms with E-state index in [1.54, 1.807) is 56.3 Å². The first-order chi connectivity index (χ1) is 14.2. The van der Waals surface area contributed by atoms with Crippen molar-refractivity contribution < 1.29 is 23.9 Å². The number of carbonyl (C=O) groups is 4. The monoisotopic (exact) mass is 408 g/mol. The highest BCUT2D eigenvalue weighted by Crippen LogP contribution is 2.28. The molecule has 3 amide bonds. The number of rotatable bonds is 6. The van der Waals surface area contributed by atoms with Crippen LogP contribution in [0.3, 0.4) is 0 Å². The van der Waals surface area contributed by atoms with Crippen molar-refractivity contribution in [1.29, 1.82) is 0 Å². The number of amides is 3. The largest absolute Gasteiger partial charge is 0.451 e. The number of imide groups is 1. The Kier molecular flexibility index (Phi) is 6.01. The second-order valence-corrected chi connectivity index (χ2v) is 7.65. The fourth-order valence-corrected chi connectivity index (χ4v) is 3.40. The van der Waals surface area contributed by atoms with Crippen molar-refractivity contribution in [3.8, 4) is 0 Å². The molecule has 0 bridgehead atoms. The minimum Gasteiger partial charge on any atom is -0.451 e. The number of benzene rings is 2. The SMILES string of the molecule is Cc1cccc(NC(=O)[C@@H](C)OC(=O)[C@@H](C(C)C)N2C(=O)c3ccccc3C2=O)c1. The molecule has 0 spiro atoms.